The molecule has 0 saturated carbocycles. The Morgan fingerprint density at radius 2 is 1.84 bits per heavy atom. The first-order chi connectivity index (χ1) is 11.8. The van der Waals surface area contributed by atoms with E-state index in [-0.39, 0.29) is 11.5 Å². The van der Waals surface area contributed by atoms with Crippen molar-refractivity contribution in [1.29, 1.82) is 0 Å². The Morgan fingerprint density at radius 3 is 2.40 bits per heavy atom. The molecule has 0 unspecified atom stereocenters. The maximum atomic E-state index is 13.6. The van der Waals surface area contributed by atoms with Gasteiger partial charge in [0.2, 0.25) is 0 Å². The number of halogens is 3. The second kappa shape index (κ2) is 7.77. The molecule has 0 heterocycles. The first kappa shape index (κ1) is 19.1. The lowest BCUT2D eigenvalue weighted by molar-refractivity contribution is -0.137. The quantitative estimate of drug-likeness (QED) is 0.601. The van der Waals surface area contributed by atoms with Gasteiger partial charge in [0.15, 0.2) is 0 Å². The third-order valence-electron chi connectivity index (χ3n) is 4.11. The molecule has 2 rings (SSSR count). The highest BCUT2D eigenvalue weighted by atomic mass is 19.4. The van der Waals surface area contributed by atoms with Gasteiger partial charge in [-0.2, -0.15) is 13.2 Å². The van der Waals surface area contributed by atoms with E-state index in [1.165, 1.54) is 6.07 Å². The average molecular weight is 347 g/mol. The van der Waals surface area contributed by atoms with Gasteiger partial charge < -0.3 is 5.32 Å². The third-order valence-corrected chi connectivity index (χ3v) is 4.11. The molecule has 2 aromatic carbocycles. The van der Waals surface area contributed by atoms with Crippen molar-refractivity contribution in [3.05, 3.63) is 65.7 Å². The molecule has 0 fully saturated rings. The molecule has 0 radical (unpaired) electrons. The number of hydrogen-bond acceptors (Lipinski definition) is 1. The standard InChI is InChI=1S/C21H24F3N/c1-5-7-15-13-17(10-11-19(15)25-4)20-16(12-14(2)3)8-6-9-18(20)21(22,23)24/h5-6,8-11,13-14,25H,1,7,12H2,2-4H3. The van der Waals surface area contributed by atoms with Crippen LogP contribution in [0, 0.1) is 5.92 Å². The van der Waals surface area contributed by atoms with E-state index in [0.717, 1.165) is 22.9 Å². The first-order valence-electron chi connectivity index (χ1n) is 8.39. The van der Waals surface area contributed by atoms with Gasteiger partial charge in [0.05, 0.1) is 5.56 Å². The van der Waals surface area contributed by atoms with E-state index in [4.69, 9.17) is 0 Å². The lowest BCUT2D eigenvalue weighted by Gasteiger charge is -2.20. The smallest absolute Gasteiger partial charge is 0.388 e. The van der Waals surface area contributed by atoms with Crippen LogP contribution in [0.5, 0.6) is 0 Å². The molecule has 134 valence electrons. The van der Waals surface area contributed by atoms with E-state index in [1.54, 1.807) is 25.3 Å². The van der Waals surface area contributed by atoms with Gasteiger partial charge in [-0.1, -0.05) is 38.1 Å². The van der Waals surface area contributed by atoms with Crippen LogP contribution in [0.15, 0.2) is 49.1 Å². The summed E-state index contributed by atoms with van der Waals surface area (Å²) in [6.07, 6.45) is -1.44. The molecule has 25 heavy (non-hydrogen) atoms. The molecule has 0 aliphatic rings. The molecule has 0 saturated heterocycles. The molecule has 4 heteroatoms. The van der Waals surface area contributed by atoms with Gasteiger partial charge in [-0.3, -0.25) is 0 Å². The highest BCUT2D eigenvalue weighted by Crippen LogP contribution is 2.40. The van der Waals surface area contributed by atoms with Crippen LogP contribution in [0.25, 0.3) is 11.1 Å². The predicted octanol–water partition coefficient (Wildman–Crippen LogP) is 6.34. The van der Waals surface area contributed by atoms with Gasteiger partial charge in [-0.15, -0.1) is 6.58 Å². The van der Waals surface area contributed by atoms with E-state index >= 15 is 0 Å². The molecule has 0 bridgehead atoms. The zero-order valence-corrected chi connectivity index (χ0v) is 14.9. The Bertz CT molecular complexity index is 745. The zero-order chi connectivity index (χ0) is 18.6. The lowest BCUT2D eigenvalue weighted by Crippen LogP contribution is -2.10. The van der Waals surface area contributed by atoms with Gasteiger partial charge in [-0.25, -0.2) is 0 Å². The predicted molar refractivity (Wildman–Crippen MR) is 98.9 cm³/mol. The van der Waals surface area contributed by atoms with E-state index in [1.807, 2.05) is 26.0 Å². The molecule has 0 spiro atoms. The minimum absolute atomic E-state index is 0.270. The van der Waals surface area contributed by atoms with Gasteiger partial charge in [0.1, 0.15) is 0 Å². The molecular weight excluding hydrogens is 323 g/mol. The topological polar surface area (TPSA) is 12.0 Å². The van der Waals surface area contributed by atoms with Gasteiger partial charge in [-0.05, 0) is 59.2 Å². The van der Waals surface area contributed by atoms with E-state index in [0.29, 0.717) is 18.4 Å². The van der Waals surface area contributed by atoms with Crippen LogP contribution in [0.2, 0.25) is 0 Å². The fraction of sp³-hybridized carbons (Fsp3) is 0.333. The van der Waals surface area contributed by atoms with Crippen LogP contribution in [0.4, 0.5) is 18.9 Å². The summed E-state index contributed by atoms with van der Waals surface area (Å²) < 4.78 is 40.9. The molecule has 2 aromatic rings. The molecule has 0 aliphatic heterocycles. The summed E-state index contributed by atoms with van der Waals surface area (Å²) in [6.45, 7) is 7.76. The monoisotopic (exact) mass is 347 g/mol. The minimum Gasteiger partial charge on any atom is -0.388 e. The molecule has 1 nitrogen and oxygen atoms in total. The van der Waals surface area contributed by atoms with Gasteiger partial charge in [0, 0.05) is 12.7 Å². The number of nitrogens with one attached hydrogen (secondary N) is 1. The Hall–Kier alpha value is -2.23. The van der Waals surface area contributed by atoms with Crippen molar-refractivity contribution in [1.82, 2.24) is 0 Å². The van der Waals surface area contributed by atoms with Crippen molar-refractivity contribution in [2.75, 3.05) is 12.4 Å². The Labute approximate surface area is 147 Å². The van der Waals surface area contributed by atoms with Crippen LogP contribution in [0.3, 0.4) is 0 Å². The molecule has 0 aliphatic carbocycles. The van der Waals surface area contributed by atoms with Crippen molar-refractivity contribution >= 4 is 5.69 Å². The number of anilines is 1. The SMILES string of the molecule is C=CCc1cc(-c2c(CC(C)C)cccc2C(F)(F)F)ccc1NC. The second-order valence-corrected chi connectivity index (χ2v) is 6.55. The van der Waals surface area contributed by atoms with Crippen molar-refractivity contribution in [2.45, 2.75) is 32.9 Å². The summed E-state index contributed by atoms with van der Waals surface area (Å²) in [5.41, 5.74) is 2.87. The van der Waals surface area contributed by atoms with Crippen LogP contribution >= 0.6 is 0 Å². The van der Waals surface area contributed by atoms with Crippen LogP contribution < -0.4 is 5.32 Å². The summed E-state index contributed by atoms with van der Waals surface area (Å²) in [5.74, 6) is 0.270. The minimum atomic E-state index is -4.39. The Morgan fingerprint density at radius 1 is 1.12 bits per heavy atom. The molecule has 0 aromatic heterocycles. The van der Waals surface area contributed by atoms with Crippen molar-refractivity contribution in [3.8, 4) is 11.1 Å². The third kappa shape index (κ3) is 4.44. The van der Waals surface area contributed by atoms with E-state index < -0.39 is 11.7 Å². The number of hydrogen-bond donors (Lipinski definition) is 1. The van der Waals surface area contributed by atoms with E-state index in [9.17, 15) is 13.2 Å². The van der Waals surface area contributed by atoms with Gasteiger partial charge in [0.25, 0.3) is 0 Å². The molecule has 1 N–H and O–H groups in total. The Balaban J connectivity index is 2.71. The lowest BCUT2D eigenvalue weighted by atomic mass is 9.88. The maximum Gasteiger partial charge on any atom is 0.417 e. The summed E-state index contributed by atoms with van der Waals surface area (Å²) >= 11 is 0. The fourth-order valence-corrected chi connectivity index (χ4v) is 3.10. The summed E-state index contributed by atoms with van der Waals surface area (Å²) in [5, 5.41) is 3.08. The summed E-state index contributed by atoms with van der Waals surface area (Å²) in [7, 11) is 1.80. The van der Waals surface area contributed by atoms with Crippen molar-refractivity contribution < 1.29 is 13.2 Å². The largest absolute Gasteiger partial charge is 0.417 e. The van der Waals surface area contributed by atoms with Gasteiger partial charge >= 0.3 is 6.18 Å². The van der Waals surface area contributed by atoms with Crippen LogP contribution in [0.1, 0.15) is 30.5 Å². The summed E-state index contributed by atoms with van der Waals surface area (Å²) in [4.78, 5) is 0. The summed E-state index contributed by atoms with van der Waals surface area (Å²) in [6, 6.07) is 9.88. The van der Waals surface area contributed by atoms with Crippen molar-refractivity contribution in [3.63, 3.8) is 0 Å². The maximum absolute atomic E-state index is 13.6. The zero-order valence-electron chi connectivity index (χ0n) is 14.9. The Kier molecular flexibility index (Phi) is 5.93. The molecular formula is C21H24F3N. The van der Waals surface area contributed by atoms with Crippen LogP contribution in [-0.2, 0) is 19.0 Å². The number of benzene rings is 2. The second-order valence-electron chi connectivity index (χ2n) is 6.55. The van der Waals surface area contributed by atoms with E-state index in [2.05, 4.69) is 11.9 Å². The number of alkyl halides is 3. The van der Waals surface area contributed by atoms with Crippen molar-refractivity contribution in [2.24, 2.45) is 5.92 Å². The normalized spacial score (nSPS) is 11.6. The molecule has 0 amide bonds. The highest BCUT2D eigenvalue weighted by molar-refractivity contribution is 5.75. The molecule has 0 atom stereocenters. The van der Waals surface area contributed by atoms with Crippen LogP contribution in [-0.4, -0.2) is 7.05 Å². The first-order valence-corrected chi connectivity index (χ1v) is 8.39. The number of rotatable bonds is 6. The number of allylic oxidation sites excluding steroid dienone is 1. The highest BCUT2D eigenvalue weighted by Gasteiger charge is 2.34. The average Bonchev–Trinajstić information content (AvgIpc) is 2.53. The fourth-order valence-electron chi connectivity index (χ4n) is 3.10.